The van der Waals surface area contributed by atoms with Gasteiger partial charge in [0, 0.05) is 5.88 Å². The molecule has 1 heteroatoms. The van der Waals surface area contributed by atoms with Crippen LogP contribution in [0.2, 0.25) is 0 Å². The predicted molar refractivity (Wildman–Crippen MR) is 59.6 cm³/mol. The van der Waals surface area contributed by atoms with Gasteiger partial charge >= 0.3 is 0 Å². The van der Waals surface area contributed by atoms with Gasteiger partial charge in [0.2, 0.25) is 0 Å². The van der Waals surface area contributed by atoms with Gasteiger partial charge in [-0.15, -0.1) is 11.6 Å². The average Bonchev–Trinajstić information content (AvgIpc) is 2.12. The minimum Gasteiger partial charge on any atom is -0.127 e. The summed E-state index contributed by atoms with van der Waals surface area (Å²) >= 11 is 5.62. The van der Waals surface area contributed by atoms with E-state index in [0.29, 0.717) is 0 Å². The van der Waals surface area contributed by atoms with Crippen molar-refractivity contribution in [3.05, 3.63) is 34.9 Å². The zero-order valence-corrected chi connectivity index (χ0v) is 9.19. The van der Waals surface area contributed by atoms with Gasteiger partial charge in [-0.25, -0.2) is 0 Å². The molecule has 0 fully saturated rings. The van der Waals surface area contributed by atoms with E-state index in [1.807, 2.05) is 0 Å². The zero-order valence-electron chi connectivity index (χ0n) is 8.44. The van der Waals surface area contributed by atoms with E-state index in [1.165, 1.54) is 23.1 Å². The Hall–Kier alpha value is -0.490. The Kier molecular flexibility index (Phi) is 4.31. The highest BCUT2D eigenvalue weighted by Crippen LogP contribution is 2.12. The minimum atomic E-state index is 0.783. The van der Waals surface area contributed by atoms with Crippen molar-refractivity contribution in [2.24, 2.45) is 0 Å². The molecule has 0 aromatic heterocycles. The number of alkyl halides is 1. The quantitative estimate of drug-likeness (QED) is 0.507. The Bertz CT molecular complexity index is 266. The maximum atomic E-state index is 5.62. The Morgan fingerprint density at radius 3 is 2.46 bits per heavy atom. The highest BCUT2D eigenvalue weighted by Gasteiger charge is 1.96. The summed E-state index contributed by atoms with van der Waals surface area (Å²) in [5.41, 5.74) is 4.21. The summed E-state index contributed by atoms with van der Waals surface area (Å²) in [6.45, 7) is 4.32. The summed E-state index contributed by atoms with van der Waals surface area (Å²) in [7, 11) is 0. The second-order valence-corrected chi connectivity index (χ2v) is 3.94. The highest BCUT2D eigenvalue weighted by atomic mass is 35.5. The van der Waals surface area contributed by atoms with E-state index < -0.39 is 0 Å². The lowest BCUT2D eigenvalue weighted by atomic mass is 10.0. The fraction of sp³-hybridized carbons (Fsp3) is 0.500. The molecule has 1 aromatic rings. The largest absolute Gasteiger partial charge is 0.127 e. The van der Waals surface area contributed by atoms with Crippen molar-refractivity contribution in [3.8, 4) is 0 Å². The molecule has 0 aliphatic heterocycles. The standard InChI is InChI=1S/C12H17Cl/c1-10-6-7-12(9-11(10)2)5-3-4-8-13/h6-7,9H,3-5,8H2,1-2H3. The van der Waals surface area contributed by atoms with E-state index in [0.717, 1.165) is 18.7 Å². The molecule has 0 saturated heterocycles. The second-order valence-electron chi connectivity index (χ2n) is 3.56. The van der Waals surface area contributed by atoms with Gasteiger partial charge in [-0.2, -0.15) is 0 Å². The third-order valence-electron chi connectivity index (χ3n) is 2.42. The van der Waals surface area contributed by atoms with Crippen molar-refractivity contribution in [2.45, 2.75) is 33.1 Å². The van der Waals surface area contributed by atoms with Crippen LogP contribution in [-0.4, -0.2) is 5.88 Å². The van der Waals surface area contributed by atoms with Gasteiger partial charge in [0.1, 0.15) is 0 Å². The molecule has 13 heavy (non-hydrogen) atoms. The number of aryl methyl sites for hydroxylation is 3. The molecule has 0 saturated carbocycles. The molecule has 0 radical (unpaired) electrons. The van der Waals surface area contributed by atoms with Crippen LogP contribution in [0, 0.1) is 13.8 Å². The van der Waals surface area contributed by atoms with Gasteiger partial charge in [0.25, 0.3) is 0 Å². The van der Waals surface area contributed by atoms with E-state index >= 15 is 0 Å². The van der Waals surface area contributed by atoms with Gasteiger partial charge in [0.15, 0.2) is 0 Å². The molecule has 0 atom stereocenters. The molecule has 72 valence electrons. The third kappa shape index (κ3) is 3.40. The molecule has 0 nitrogen and oxygen atoms in total. The van der Waals surface area contributed by atoms with Crippen LogP contribution < -0.4 is 0 Å². The van der Waals surface area contributed by atoms with Gasteiger partial charge in [-0.1, -0.05) is 18.2 Å². The smallest absolute Gasteiger partial charge is 0.0223 e. The van der Waals surface area contributed by atoms with Crippen molar-refractivity contribution in [1.29, 1.82) is 0 Å². The average molecular weight is 197 g/mol. The SMILES string of the molecule is Cc1ccc(CCCCCl)cc1C. The molecule has 1 rings (SSSR count). The number of hydrogen-bond acceptors (Lipinski definition) is 0. The first kappa shape index (κ1) is 10.6. The molecule has 0 heterocycles. The van der Waals surface area contributed by atoms with Crippen LogP contribution in [0.1, 0.15) is 29.5 Å². The van der Waals surface area contributed by atoms with Crippen molar-refractivity contribution < 1.29 is 0 Å². The molecule has 0 aliphatic carbocycles. The molecule has 0 amide bonds. The second kappa shape index (κ2) is 5.29. The molecule has 0 bridgehead atoms. The van der Waals surface area contributed by atoms with Crippen molar-refractivity contribution in [2.75, 3.05) is 5.88 Å². The summed E-state index contributed by atoms with van der Waals surface area (Å²) in [5, 5.41) is 0. The van der Waals surface area contributed by atoms with E-state index in [1.54, 1.807) is 0 Å². The summed E-state index contributed by atoms with van der Waals surface area (Å²) < 4.78 is 0. The van der Waals surface area contributed by atoms with E-state index in [-0.39, 0.29) is 0 Å². The Morgan fingerprint density at radius 1 is 1.08 bits per heavy atom. The number of unbranched alkanes of at least 4 members (excludes halogenated alkanes) is 1. The summed E-state index contributed by atoms with van der Waals surface area (Å²) in [6, 6.07) is 6.70. The number of rotatable bonds is 4. The Morgan fingerprint density at radius 2 is 1.85 bits per heavy atom. The number of hydrogen-bond donors (Lipinski definition) is 0. The van der Waals surface area contributed by atoms with Crippen LogP contribution in [0.25, 0.3) is 0 Å². The lowest BCUT2D eigenvalue weighted by Gasteiger charge is -2.04. The van der Waals surface area contributed by atoms with Crippen LogP contribution in [-0.2, 0) is 6.42 Å². The first-order valence-corrected chi connectivity index (χ1v) is 5.39. The van der Waals surface area contributed by atoms with Crippen molar-refractivity contribution in [1.82, 2.24) is 0 Å². The van der Waals surface area contributed by atoms with E-state index in [2.05, 4.69) is 32.0 Å². The highest BCUT2D eigenvalue weighted by molar-refractivity contribution is 6.17. The van der Waals surface area contributed by atoms with Gasteiger partial charge < -0.3 is 0 Å². The predicted octanol–water partition coefficient (Wildman–Crippen LogP) is 3.86. The topological polar surface area (TPSA) is 0 Å². The number of benzene rings is 1. The fourth-order valence-electron chi connectivity index (χ4n) is 1.38. The maximum Gasteiger partial charge on any atom is 0.0223 e. The van der Waals surface area contributed by atoms with E-state index in [9.17, 15) is 0 Å². The van der Waals surface area contributed by atoms with Crippen LogP contribution in [0.3, 0.4) is 0 Å². The molecular weight excluding hydrogens is 180 g/mol. The summed E-state index contributed by atoms with van der Waals surface area (Å²) in [4.78, 5) is 0. The monoisotopic (exact) mass is 196 g/mol. The zero-order chi connectivity index (χ0) is 9.68. The van der Waals surface area contributed by atoms with Crippen LogP contribution >= 0.6 is 11.6 Å². The molecule has 1 aromatic carbocycles. The summed E-state index contributed by atoms with van der Waals surface area (Å²) in [5.74, 6) is 0.783. The lowest BCUT2D eigenvalue weighted by Crippen LogP contribution is -1.89. The normalized spacial score (nSPS) is 10.4. The van der Waals surface area contributed by atoms with Gasteiger partial charge in [0.05, 0.1) is 0 Å². The third-order valence-corrected chi connectivity index (χ3v) is 2.69. The first-order valence-electron chi connectivity index (χ1n) is 4.86. The summed E-state index contributed by atoms with van der Waals surface area (Å²) in [6.07, 6.45) is 3.48. The Labute approximate surface area is 85.9 Å². The first-order chi connectivity index (χ1) is 6.24. The van der Waals surface area contributed by atoms with Gasteiger partial charge in [-0.3, -0.25) is 0 Å². The molecule has 0 spiro atoms. The Balaban J connectivity index is 2.53. The molecule has 0 aliphatic rings. The van der Waals surface area contributed by atoms with Crippen LogP contribution in [0.5, 0.6) is 0 Å². The number of halogens is 1. The van der Waals surface area contributed by atoms with Crippen molar-refractivity contribution >= 4 is 11.6 Å². The molecular formula is C12H17Cl. The van der Waals surface area contributed by atoms with Crippen LogP contribution in [0.4, 0.5) is 0 Å². The van der Waals surface area contributed by atoms with Crippen LogP contribution in [0.15, 0.2) is 18.2 Å². The molecule has 0 unspecified atom stereocenters. The minimum absolute atomic E-state index is 0.783. The van der Waals surface area contributed by atoms with E-state index in [4.69, 9.17) is 11.6 Å². The fourth-order valence-corrected chi connectivity index (χ4v) is 1.57. The molecule has 0 N–H and O–H groups in total. The van der Waals surface area contributed by atoms with Gasteiger partial charge in [-0.05, 0) is 49.8 Å². The lowest BCUT2D eigenvalue weighted by molar-refractivity contribution is 0.799. The maximum absolute atomic E-state index is 5.62. The van der Waals surface area contributed by atoms with Crippen molar-refractivity contribution in [3.63, 3.8) is 0 Å².